The molecule has 4 heteroatoms. The summed E-state index contributed by atoms with van der Waals surface area (Å²) in [6, 6.07) is 8.03. The van der Waals surface area contributed by atoms with E-state index in [1.807, 2.05) is 19.1 Å². The van der Waals surface area contributed by atoms with Crippen LogP contribution >= 0.6 is 0 Å². The van der Waals surface area contributed by atoms with Crippen molar-refractivity contribution in [2.75, 3.05) is 0 Å². The number of ketones is 2. The highest BCUT2D eigenvalue weighted by atomic mass is 16.1. The van der Waals surface area contributed by atoms with Gasteiger partial charge in [0.1, 0.15) is 5.78 Å². The van der Waals surface area contributed by atoms with Crippen LogP contribution < -0.4 is 0 Å². The minimum absolute atomic E-state index is 0.104. The lowest BCUT2D eigenvalue weighted by molar-refractivity contribution is -0.118. The highest BCUT2D eigenvalue weighted by Crippen LogP contribution is 2.12. The van der Waals surface area contributed by atoms with E-state index >= 15 is 0 Å². The second-order valence-electron chi connectivity index (χ2n) is 4.26. The van der Waals surface area contributed by atoms with E-state index in [1.165, 1.54) is 18.2 Å². The normalized spacial score (nSPS) is 9.42. The van der Waals surface area contributed by atoms with Crippen LogP contribution in [-0.2, 0) is 4.79 Å². The first-order valence-corrected chi connectivity index (χ1v) is 6.11. The summed E-state index contributed by atoms with van der Waals surface area (Å²) in [5.74, 6) is -0.442. The summed E-state index contributed by atoms with van der Waals surface area (Å²) in [6.45, 7) is 1.98. The van der Waals surface area contributed by atoms with Gasteiger partial charge in [0, 0.05) is 12.0 Å². The number of carbonyl (C=O) groups is 2. The Morgan fingerprint density at radius 3 is 2.16 bits per heavy atom. The van der Waals surface area contributed by atoms with Crippen LogP contribution in [0.2, 0.25) is 0 Å². The number of hydrogen-bond donors (Lipinski definition) is 0. The predicted molar refractivity (Wildman–Crippen MR) is 69.4 cm³/mol. The molecular formula is C15H14N2O2. The van der Waals surface area contributed by atoms with E-state index in [0.717, 1.165) is 12.8 Å². The van der Waals surface area contributed by atoms with Gasteiger partial charge in [-0.25, -0.2) is 0 Å². The van der Waals surface area contributed by atoms with Crippen LogP contribution in [0.15, 0.2) is 18.2 Å². The van der Waals surface area contributed by atoms with Gasteiger partial charge >= 0.3 is 0 Å². The Morgan fingerprint density at radius 1 is 1.11 bits per heavy atom. The molecule has 0 fully saturated rings. The largest absolute Gasteiger partial charge is 0.299 e. The number of nitriles is 2. The third-order valence-electron chi connectivity index (χ3n) is 2.68. The van der Waals surface area contributed by atoms with Crippen LogP contribution in [0.1, 0.15) is 54.1 Å². The van der Waals surface area contributed by atoms with E-state index in [9.17, 15) is 9.59 Å². The topological polar surface area (TPSA) is 81.7 Å². The molecule has 0 radical (unpaired) electrons. The number of carbonyl (C=O) groups excluding carboxylic acids is 2. The van der Waals surface area contributed by atoms with Gasteiger partial charge in [-0.2, -0.15) is 10.5 Å². The minimum Gasteiger partial charge on any atom is -0.299 e. The molecule has 0 N–H and O–H groups in total. The van der Waals surface area contributed by atoms with Gasteiger partial charge in [-0.05, 0) is 24.6 Å². The summed E-state index contributed by atoms with van der Waals surface area (Å²) in [7, 11) is 0. The molecule has 0 atom stereocenters. The van der Waals surface area contributed by atoms with Gasteiger partial charge in [0.15, 0.2) is 5.78 Å². The van der Waals surface area contributed by atoms with E-state index in [1.54, 1.807) is 0 Å². The van der Waals surface area contributed by atoms with Gasteiger partial charge in [0.2, 0.25) is 0 Å². The van der Waals surface area contributed by atoms with Crippen molar-refractivity contribution in [3.63, 3.8) is 0 Å². The van der Waals surface area contributed by atoms with Crippen LogP contribution in [0.4, 0.5) is 0 Å². The van der Waals surface area contributed by atoms with Crippen LogP contribution in [-0.4, -0.2) is 11.6 Å². The molecule has 0 unspecified atom stereocenters. The van der Waals surface area contributed by atoms with Crippen molar-refractivity contribution in [1.82, 2.24) is 0 Å². The van der Waals surface area contributed by atoms with Crippen LogP contribution in [0.3, 0.4) is 0 Å². The Kier molecular flexibility index (Phi) is 5.44. The molecule has 0 aliphatic heterocycles. The molecule has 0 aromatic heterocycles. The summed E-state index contributed by atoms with van der Waals surface area (Å²) in [5, 5.41) is 17.6. The monoisotopic (exact) mass is 254 g/mol. The fourth-order valence-electron chi connectivity index (χ4n) is 1.66. The van der Waals surface area contributed by atoms with Crippen molar-refractivity contribution in [2.45, 2.75) is 32.6 Å². The molecule has 0 aliphatic carbocycles. The highest BCUT2D eigenvalue weighted by molar-refractivity contribution is 6.08. The lowest BCUT2D eigenvalue weighted by Crippen LogP contribution is -2.08. The molecule has 0 aliphatic rings. The fraction of sp³-hybridized carbons (Fsp3) is 0.333. The van der Waals surface area contributed by atoms with Gasteiger partial charge in [-0.3, -0.25) is 9.59 Å². The standard InChI is InChI=1S/C15H14N2O2/c1-2-3-4-14(18)8-15(19)13-6-11(9-16)5-12(7-13)10-17/h5-7H,2-4,8H2,1H3. The van der Waals surface area contributed by atoms with E-state index in [4.69, 9.17) is 10.5 Å². The zero-order valence-electron chi connectivity index (χ0n) is 10.8. The zero-order valence-corrected chi connectivity index (χ0v) is 10.8. The maximum absolute atomic E-state index is 11.9. The highest BCUT2D eigenvalue weighted by Gasteiger charge is 2.13. The molecule has 19 heavy (non-hydrogen) atoms. The molecule has 0 heterocycles. The number of hydrogen-bond acceptors (Lipinski definition) is 4. The second-order valence-corrected chi connectivity index (χ2v) is 4.26. The maximum atomic E-state index is 11.9. The molecule has 96 valence electrons. The average molecular weight is 254 g/mol. The summed E-state index contributed by atoms with van der Waals surface area (Å²) >= 11 is 0. The van der Waals surface area contributed by atoms with Gasteiger partial charge in [-0.1, -0.05) is 13.3 Å². The van der Waals surface area contributed by atoms with Gasteiger partial charge < -0.3 is 0 Å². The fourth-order valence-corrected chi connectivity index (χ4v) is 1.66. The lowest BCUT2D eigenvalue weighted by atomic mass is 9.99. The Morgan fingerprint density at radius 2 is 1.68 bits per heavy atom. The Labute approximate surface area is 112 Å². The second kappa shape index (κ2) is 7.08. The lowest BCUT2D eigenvalue weighted by Gasteiger charge is -2.02. The van der Waals surface area contributed by atoms with Crippen molar-refractivity contribution in [2.24, 2.45) is 0 Å². The van der Waals surface area contributed by atoms with E-state index in [-0.39, 0.29) is 34.7 Å². The number of rotatable bonds is 6. The van der Waals surface area contributed by atoms with Crippen LogP contribution in [0.5, 0.6) is 0 Å². The first-order valence-electron chi connectivity index (χ1n) is 6.11. The summed E-state index contributed by atoms with van der Waals surface area (Å²) < 4.78 is 0. The molecule has 1 aromatic rings. The molecular weight excluding hydrogens is 240 g/mol. The van der Waals surface area contributed by atoms with Crippen molar-refractivity contribution >= 4 is 11.6 Å². The molecule has 4 nitrogen and oxygen atoms in total. The van der Waals surface area contributed by atoms with Gasteiger partial charge in [-0.15, -0.1) is 0 Å². The smallest absolute Gasteiger partial charge is 0.170 e. The molecule has 0 bridgehead atoms. The van der Waals surface area contributed by atoms with Crippen molar-refractivity contribution < 1.29 is 9.59 Å². The SMILES string of the molecule is CCCCC(=O)CC(=O)c1cc(C#N)cc(C#N)c1. The molecule has 0 amide bonds. The van der Waals surface area contributed by atoms with E-state index < -0.39 is 0 Å². The third-order valence-corrected chi connectivity index (χ3v) is 2.68. The van der Waals surface area contributed by atoms with Gasteiger partial charge in [0.25, 0.3) is 0 Å². The van der Waals surface area contributed by atoms with Crippen LogP contribution in [0.25, 0.3) is 0 Å². The summed E-state index contributed by atoms with van der Waals surface area (Å²) in [4.78, 5) is 23.5. The first kappa shape index (κ1) is 14.6. The Bertz CT molecular complexity index is 545. The van der Waals surface area contributed by atoms with Crippen molar-refractivity contribution in [3.05, 3.63) is 34.9 Å². The Hall–Kier alpha value is -2.46. The number of nitrogens with zero attached hydrogens (tertiary/aromatic N) is 2. The van der Waals surface area contributed by atoms with Crippen LogP contribution in [0, 0.1) is 22.7 Å². The predicted octanol–water partition coefficient (Wildman–Crippen LogP) is 2.76. The molecule has 1 aromatic carbocycles. The number of benzene rings is 1. The first-order chi connectivity index (χ1) is 9.10. The number of unbranched alkanes of at least 4 members (excludes halogenated alkanes) is 1. The quantitative estimate of drug-likeness (QED) is 0.577. The maximum Gasteiger partial charge on any atom is 0.170 e. The van der Waals surface area contributed by atoms with E-state index in [0.29, 0.717) is 6.42 Å². The van der Waals surface area contributed by atoms with E-state index in [2.05, 4.69) is 0 Å². The van der Waals surface area contributed by atoms with Gasteiger partial charge in [0.05, 0.1) is 29.7 Å². The molecule has 0 saturated heterocycles. The number of Topliss-reactive ketones (excluding diaryl/α,β-unsaturated/α-hetero) is 2. The zero-order chi connectivity index (χ0) is 14.3. The molecule has 0 saturated carbocycles. The Balaban J connectivity index is 2.86. The molecule has 1 rings (SSSR count). The minimum atomic E-state index is -0.338. The summed E-state index contributed by atoms with van der Waals surface area (Å²) in [5.41, 5.74) is 0.757. The molecule has 0 spiro atoms. The third kappa shape index (κ3) is 4.37. The average Bonchev–Trinajstić information content (AvgIpc) is 2.44. The van der Waals surface area contributed by atoms with Crippen molar-refractivity contribution in [3.8, 4) is 12.1 Å². The summed E-state index contributed by atoms with van der Waals surface area (Å²) in [6.07, 6.45) is 1.90. The van der Waals surface area contributed by atoms with Crippen molar-refractivity contribution in [1.29, 1.82) is 10.5 Å².